The summed E-state index contributed by atoms with van der Waals surface area (Å²) >= 11 is 1.74. The maximum Gasteiger partial charge on any atom is 0.224 e. The van der Waals surface area contributed by atoms with Crippen LogP contribution in [0.4, 0.5) is 11.8 Å². The zero-order valence-corrected chi connectivity index (χ0v) is 11.3. The van der Waals surface area contributed by atoms with Gasteiger partial charge in [0.15, 0.2) is 11.5 Å². The average Bonchev–Trinajstić information content (AvgIpc) is 3.03. The van der Waals surface area contributed by atoms with Gasteiger partial charge >= 0.3 is 0 Å². The highest BCUT2D eigenvalue weighted by atomic mass is 32.1. The Morgan fingerprint density at radius 3 is 3.16 bits per heavy atom. The first-order valence-corrected chi connectivity index (χ1v) is 6.91. The van der Waals surface area contributed by atoms with Crippen LogP contribution in [-0.2, 0) is 13.0 Å². The second kappa shape index (κ2) is 4.85. The molecule has 3 heterocycles. The molecule has 4 N–H and O–H groups in total. The maximum atomic E-state index is 5.68. The minimum absolute atomic E-state index is 0.226. The highest BCUT2D eigenvalue weighted by Gasteiger charge is 2.09. The summed E-state index contributed by atoms with van der Waals surface area (Å²) in [6.07, 6.45) is 2.62. The summed E-state index contributed by atoms with van der Waals surface area (Å²) in [6.45, 7) is 2.88. The third-order valence-corrected chi connectivity index (χ3v) is 3.90. The lowest BCUT2D eigenvalue weighted by atomic mass is 10.2. The summed E-state index contributed by atoms with van der Waals surface area (Å²) in [5.74, 6) is 0.916. The van der Waals surface area contributed by atoms with Crippen molar-refractivity contribution in [1.29, 1.82) is 0 Å². The number of nitrogens with two attached hydrogens (primary N) is 1. The molecule has 0 unspecified atom stereocenters. The molecule has 3 aromatic rings. The van der Waals surface area contributed by atoms with E-state index in [9.17, 15) is 0 Å². The third-order valence-electron chi connectivity index (χ3n) is 2.94. The van der Waals surface area contributed by atoms with Gasteiger partial charge in [-0.05, 0) is 23.4 Å². The SMILES string of the molecule is CCc1ccsc1CNc1nc(N)nc2nc[nH]c12. The van der Waals surface area contributed by atoms with Crippen molar-refractivity contribution in [3.63, 3.8) is 0 Å². The van der Waals surface area contributed by atoms with Crippen molar-refractivity contribution in [2.75, 3.05) is 11.1 Å². The van der Waals surface area contributed by atoms with E-state index in [0.717, 1.165) is 18.5 Å². The van der Waals surface area contributed by atoms with Crippen LogP contribution >= 0.6 is 11.3 Å². The van der Waals surface area contributed by atoms with E-state index in [4.69, 9.17) is 5.73 Å². The van der Waals surface area contributed by atoms with E-state index in [0.29, 0.717) is 11.5 Å². The smallest absolute Gasteiger partial charge is 0.224 e. The van der Waals surface area contributed by atoms with Crippen LogP contribution < -0.4 is 11.1 Å². The fourth-order valence-corrected chi connectivity index (χ4v) is 2.89. The number of nitrogens with one attached hydrogen (secondary N) is 2. The van der Waals surface area contributed by atoms with Crippen LogP contribution in [0.2, 0.25) is 0 Å². The summed E-state index contributed by atoms with van der Waals surface area (Å²) < 4.78 is 0. The molecule has 3 rings (SSSR count). The molecule has 0 aromatic carbocycles. The normalized spacial score (nSPS) is 11.0. The Kier molecular flexibility index (Phi) is 3.04. The van der Waals surface area contributed by atoms with Crippen LogP contribution in [0.25, 0.3) is 11.2 Å². The molecule has 7 heteroatoms. The van der Waals surface area contributed by atoms with Crippen LogP contribution in [0.3, 0.4) is 0 Å². The van der Waals surface area contributed by atoms with Gasteiger partial charge in [-0.2, -0.15) is 9.97 Å². The molecule has 0 saturated carbocycles. The molecule has 0 aliphatic rings. The minimum Gasteiger partial charge on any atom is -0.368 e. The van der Waals surface area contributed by atoms with Gasteiger partial charge in [0, 0.05) is 4.88 Å². The number of nitrogens with zero attached hydrogens (tertiary/aromatic N) is 3. The van der Waals surface area contributed by atoms with Gasteiger partial charge in [-0.3, -0.25) is 0 Å². The molecule has 98 valence electrons. The number of hydrogen-bond acceptors (Lipinski definition) is 6. The largest absolute Gasteiger partial charge is 0.368 e. The standard InChI is InChI=1S/C12H14N6S/c1-2-7-3-4-19-8(7)5-14-10-9-11(16-6-15-9)18-12(13)17-10/h3-4,6H,2,5H2,1H3,(H4,13,14,15,16,17,18). The van der Waals surface area contributed by atoms with E-state index < -0.39 is 0 Å². The summed E-state index contributed by atoms with van der Waals surface area (Å²) in [5.41, 5.74) is 8.40. The minimum atomic E-state index is 0.226. The number of rotatable bonds is 4. The Balaban J connectivity index is 1.87. The van der Waals surface area contributed by atoms with Crippen molar-refractivity contribution < 1.29 is 0 Å². The Morgan fingerprint density at radius 1 is 1.42 bits per heavy atom. The molecule has 0 saturated heterocycles. The molecule has 19 heavy (non-hydrogen) atoms. The monoisotopic (exact) mass is 274 g/mol. The van der Waals surface area contributed by atoms with Gasteiger partial charge in [0.2, 0.25) is 5.95 Å². The highest BCUT2D eigenvalue weighted by Crippen LogP contribution is 2.21. The lowest BCUT2D eigenvalue weighted by Crippen LogP contribution is -2.05. The van der Waals surface area contributed by atoms with Gasteiger partial charge in [-0.15, -0.1) is 11.3 Å². The van der Waals surface area contributed by atoms with E-state index in [1.165, 1.54) is 10.4 Å². The molecule has 3 aromatic heterocycles. The highest BCUT2D eigenvalue weighted by molar-refractivity contribution is 7.10. The quantitative estimate of drug-likeness (QED) is 0.678. The number of H-pyrrole nitrogens is 1. The van der Waals surface area contributed by atoms with Gasteiger partial charge in [-0.25, -0.2) is 4.98 Å². The van der Waals surface area contributed by atoms with Gasteiger partial charge in [0.05, 0.1) is 12.9 Å². The first-order valence-electron chi connectivity index (χ1n) is 6.03. The lowest BCUT2D eigenvalue weighted by Gasteiger charge is -2.07. The molecular formula is C12H14N6S. The van der Waals surface area contributed by atoms with Crippen molar-refractivity contribution in [2.24, 2.45) is 0 Å². The molecule has 0 spiro atoms. The number of aromatic nitrogens is 4. The van der Waals surface area contributed by atoms with Crippen molar-refractivity contribution >= 4 is 34.3 Å². The van der Waals surface area contributed by atoms with E-state index in [1.54, 1.807) is 17.7 Å². The topological polar surface area (TPSA) is 92.5 Å². The van der Waals surface area contributed by atoms with Crippen LogP contribution in [-0.4, -0.2) is 19.9 Å². The Bertz CT molecular complexity index is 701. The zero-order valence-electron chi connectivity index (χ0n) is 10.5. The molecule has 0 bridgehead atoms. The number of aromatic amines is 1. The lowest BCUT2D eigenvalue weighted by molar-refractivity contribution is 1.06. The third kappa shape index (κ3) is 2.24. The summed E-state index contributed by atoms with van der Waals surface area (Å²) in [5, 5.41) is 5.41. The molecule has 0 radical (unpaired) electrons. The van der Waals surface area contributed by atoms with E-state index in [-0.39, 0.29) is 5.95 Å². The summed E-state index contributed by atoms with van der Waals surface area (Å²) in [4.78, 5) is 16.7. The number of thiophene rings is 1. The van der Waals surface area contributed by atoms with Gasteiger partial charge in [-0.1, -0.05) is 6.92 Å². The van der Waals surface area contributed by atoms with E-state index in [2.05, 4.69) is 43.6 Å². The molecule has 6 nitrogen and oxygen atoms in total. The Labute approximate surface area is 114 Å². The number of hydrogen-bond donors (Lipinski definition) is 3. The van der Waals surface area contributed by atoms with Crippen molar-refractivity contribution in [2.45, 2.75) is 19.9 Å². The van der Waals surface area contributed by atoms with Crippen molar-refractivity contribution in [3.05, 3.63) is 28.2 Å². The Morgan fingerprint density at radius 2 is 2.32 bits per heavy atom. The van der Waals surface area contributed by atoms with Crippen LogP contribution in [0.5, 0.6) is 0 Å². The van der Waals surface area contributed by atoms with E-state index in [1.807, 2.05) is 0 Å². The van der Waals surface area contributed by atoms with Gasteiger partial charge < -0.3 is 16.0 Å². The summed E-state index contributed by atoms with van der Waals surface area (Å²) in [6, 6.07) is 2.15. The summed E-state index contributed by atoms with van der Waals surface area (Å²) in [7, 11) is 0. The number of fused-ring (bicyclic) bond motifs is 1. The predicted octanol–water partition coefficient (Wildman–Crippen LogP) is 2.17. The molecule has 0 atom stereocenters. The molecular weight excluding hydrogens is 260 g/mol. The first-order chi connectivity index (χ1) is 9.28. The molecule has 0 aliphatic carbocycles. The second-order valence-corrected chi connectivity index (χ2v) is 5.11. The van der Waals surface area contributed by atoms with Gasteiger partial charge in [0.1, 0.15) is 5.52 Å². The predicted molar refractivity (Wildman–Crippen MR) is 77.1 cm³/mol. The van der Waals surface area contributed by atoms with Crippen molar-refractivity contribution in [3.8, 4) is 0 Å². The Hall–Kier alpha value is -2.15. The van der Waals surface area contributed by atoms with Crippen molar-refractivity contribution in [1.82, 2.24) is 19.9 Å². The molecule has 0 fully saturated rings. The second-order valence-electron chi connectivity index (χ2n) is 4.11. The zero-order chi connectivity index (χ0) is 13.2. The fourth-order valence-electron chi connectivity index (χ4n) is 1.98. The maximum absolute atomic E-state index is 5.68. The number of nitrogen functional groups attached to an aromatic ring is 1. The number of imidazole rings is 1. The van der Waals surface area contributed by atoms with E-state index >= 15 is 0 Å². The van der Waals surface area contributed by atoms with Crippen LogP contribution in [0.1, 0.15) is 17.4 Å². The number of anilines is 2. The number of aryl methyl sites for hydroxylation is 1. The average molecular weight is 274 g/mol. The van der Waals surface area contributed by atoms with Gasteiger partial charge in [0.25, 0.3) is 0 Å². The molecule has 0 aliphatic heterocycles. The first kappa shape index (κ1) is 11.9. The fraction of sp³-hybridized carbons (Fsp3) is 0.250. The van der Waals surface area contributed by atoms with Crippen LogP contribution in [0, 0.1) is 0 Å². The molecule has 0 amide bonds. The van der Waals surface area contributed by atoms with Crippen LogP contribution in [0.15, 0.2) is 17.8 Å².